The van der Waals surface area contributed by atoms with Crippen LogP contribution in [-0.2, 0) is 19.1 Å². The first kappa shape index (κ1) is 31.2. The predicted octanol–water partition coefficient (Wildman–Crippen LogP) is 4.55. The number of nitriles is 1. The molecule has 1 unspecified atom stereocenters. The zero-order valence-corrected chi connectivity index (χ0v) is 24.6. The Hall–Kier alpha value is -5.70. The molecule has 2 aromatic carbocycles. The van der Waals surface area contributed by atoms with Crippen LogP contribution in [0.3, 0.4) is 0 Å². The van der Waals surface area contributed by atoms with Crippen LogP contribution < -0.4 is 15.6 Å². The fourth-order valence-corrected chi connectivity index (χ4v) is 5.02. The van der Waals surface area contributed by atoms with E-state index in [4.69, 9.17) is 19.5 Å². The first-order valence-electron chi connectivity index (χ1n) is 13.6. The lowest BCUT2D eigenvalue weighted by molar-refractivity contribution is -0.384. The van der Waals surface area contributed by atoms with E-state index >= 15 is 0 Å². The Morgan fingerprint density at radius 2 is 1.68 bits per heavy atom. The number of esters is 2. The van der Waals surface area contributed by atoms with Gasteiger partial charge in [-0.3, -0.25) is 14.9 Å². The van der Waals surface area contributed by atoms with E-state index in [1.807, 2.05) is 18.2 Å². The highest BCUT2D eigenvalue weighted by Gasteiger charge is 2.38. The number of pyridine rings is 1. The summed E-state index contributed by atoms with van der Waals surface area (Å²) in [4.78, 5) is 51.5. The van der Waals surface area contributed by atoms with Gasteiger partial charge in [0, 0.05) is 41.2 Å². The third-order valence-corrected chi connectivity index (χ3v) is 7.11. The summed E-state index contributed by atoms with van der Waals surface area (Å²) in [5, 5.41) is 23.6. The third kappa shape index (κ3) is 6.68. The molecule has 0 saturated carbocycles. The summed E-state index contributed by atoms with van der Waals surface area (Å²) in [5.74, 6) is -1.73. The molecule has 1 aliphatic rings. The van der Waals surface area contributed by atoms with Crippen molar-refractivity contribution in [3.05, 3.63) is 114 Å². The fraction of sp³-hybridized carbons (Fsp3) is 0.250. The molecule has 1 atom stereocenters. The second kappa shape index (κ2) is 13.5. The minimum atomic E-state index is -0.943. The van der Waals surface area contributed by atoms with Crippen molar-refractivity contribution in [2.45, 2.75) is 33.1 Å². The molecular formula is C32H30N4O8. The molecule has 1 aliphatic heterocycles. The number of hydrogen-bond donors (Lipinski definition) is 2. The standard InChI is InChI=1S/C32H30N4O8/c1-18-26(16-23(17-33)30(37)35-18)21-9-11-25(12-10-21)43-13-6-14-44-32(39)28-20(3)34-19(2)27(31(38)42-4)29(28)22-7-5-8-24(15-22)36(40)41/h5,7-12,15-16,29,34H,6,13-14H2,1-4H3,(H,35,37). The molecule has 0 fully saturated rings. The number of hydrogen-bond acceptors (Lipinski definition) is 10. The lowest BCUT2D eigenvalue weighted by Gasteiger charge is -2.30. The van der Waals surface area contributed by atoms with Crippen LogP contribution in [0.4, 0.5) is 5.69 Å². The number of nitrogens with zero attached hydrogens (tertiary/aromatic N) is 2. The summed E-state index contributed by atoms with van der Waals surface area (Å²) in [6.07, 6.45) is 0.359. The maximum atomic E-state index is 13.4. The maximum absolute atomic E-state index is 13.4. The normalized spacial score (nSPS) is 14.4. The van der Waals surface area contributed by atoms with Crippen LogP contribution in [0.5, 0.6) is 5.75 Å². The molecule has 0 spiro atoms. The Morgan fingerprint density at radius 3 is 2.32 bits per heavy atom. The van der Waals surface area contributed by atoms with E-state index in [1.54, 1.807) is 45.0 Å². The van der Waals surface area contributed by atoms with Gasteiger partial charge in [0.1, 0.15) is 17.4 Å². The van der Waals surface area contributed by atoms with Crippen molar-refractivity contribution in [1.29, 1.82) is 5.26 Å². The molecule has 0 radical (unpaired) electrons. The van der Waals surface area contributed by atoms with Crippen molar-refractivity contribution >= 4 is 17.6 Å². The first-order valence-corrected chi connectivity index (χ1v) is 13.6. The molecule has 4 rings (SSSR count). The van der Waals surface area contributed by atoms with Gasteiger partial charge in [0.15, 0.2) is 0 Å². The van der Waals surface area contributed by atoms with E-state index in [2.05, 4.69) is 10.3 Å². The Bertz CT molecular complexity index is 1780. The Balaban J connectivity index is 1.42. The Labute approximate surface area is 252 Å². The van der Waals surface area contributed by atoms with E-state index in [0.29, 0.717) is 34.8 Å². The number of aromatic nitrogens is 1. The number of nitro groups is 1. The highest BCUT2D eigenvalue weighted by atomic mass is 16.6. The van der Waals surface area contributed by atoms with E-state index < -0.39 is 28.3 Å². The van der Waals surface area contributed by atoms with Gasteiger partial charge in [0.2, 0.25) is 0 Å². The van der Waals surface area contributed by atoms with Crippen molar-refractivity contribution in [2.24, 2.45) is 0 Å². The number of nitrogens with one attached hydrogen (secondary N) is 2. The summed E-state index contributed by atoms with van der Waals surface area (Å²) >= 11 is 0. The Kier molecular flexibility index (Phi) is 9.60. The van der Waals surface area contributed by atoms with Crippen LogP contribution >= 0.6 is 0 Å². The van der Waals surface area contributed by atoms with Gasteiger partial charge >= 0.3 is 11.9 Å². The number of carbonyl (C=O) groups is 2. The van der Waals surface area contributed by atoms with E-state index in [1.165, 1.54) is 25.3 Å². The zero-order valence-electron chi connectivity index (χ0n) is 24.6. The van der Waals surface area contributed by atoms with Gasteiger partial charge in [0.25, 0.3) is 11.2 Å². The number of rotatable bonds is 10. The molecular weight excluding hydrogens is 568 g/mol. The summed E-state index contributed by atoms with van der Waals surface area (Å²) in [7, 11) is 1.22. The van der Waals surface area contributed by atoms with Crippen LogP contribution in [0, 0.1) is 28.4 Å². The zero-order chi connectivity index (χ0) is 32.0. The smallest absolute Gasteiger partial charge is 0.336 e. The molecule has 0 aliphatic carbocycles. The number of non-ortho nitro benzene ring substituents is 1. The number of methoxy groups -OCH3 is 1. The Morgan fingerprint density at radius 1 is 1.00 bits per heavy atom. The SMILES string of the molecule is COC(=O)C1=C(C)NC(C)=C(C(=O)OCCCOc2ccc(-c3cc(C#N)c(=O)[nH]c3C)cc2)C1c1cccc([N+](=O)[O-])c1. The fourth-order valence-electron chi connectivity index (χ4n) is 5.02. The summed E-state index contributed by atoms with van der Waals surface area (Å²) in [5.41, 5.74) is 3.16. The van der Waals surface area contributed by atoms with Crippen molar-refractivity contribution in [3.63, 3.8) is 0 Å². The minimum absolute atomic E-state index is 0.0130. The van der Waals surface area contributed by atoms with Crippen LogP contribution in [0.15, 0.2) is 81.9 Å². The summed E-state index contributed by atoms with van der Waals surface area (Å²) < 4.78 is 16.3. The van der Waals surface area contributed by atoms with Gasteiger partial charge in [0.05, 0.1) is 42.3 Å². The first-order chi connectivity index (χ1) is 21.0. The number of H-pyrrole nitrogens is 1. The van der Waals surface area contributed by atoms with Gasteiger partial charge < -0.3 is 24.5 Å². The highest BCUT2D eigenvalue weighted by Crippen LogP contribution is 2.40. The minimum Gasteiger partial charge on any atom is -0.493 e. The van der Waals surface area contributed by atoms with Crippen LogP contribution in [0.2, 0.25) is 0 Å². The number of benzene rings is 2. The van der Waals surface area contributed by atoms with E-state index in [0.717, 1.165) is 11.1 Å². The number of aryl methyl sites for hydroxylation is 1. The average molecular weight is 599 g/mol. The number of allylic oxidation sites excluding steroid dienone is 2. The number of ether oxygens (including phenoxy) is 3. The average Bonchev–Trinajstić information content (AvgIpc) is 3.00. The quantitative estimate of drug-likeness (QED) is 0.146. The van der Waals surface area contributed by atoms with Crippen LogP contribution in [0.25, 0.3) is 11.1 Å². The second-order valence-corrected chi connectivity index (χ2v) is 10.0. The number of dihydropyridines is 1. The van der Waals surface area contributed by atoms with Gasteiger partial charge in [-0.25, -0.2) is 9.59 Å². The molecule has 3 aromatic rings. The third-order valence-electron chi connectivity index (χ3n) is 7.11. The maximum Gasteiger partial charge on any atom is 0.336 e. The molecule has 2 N–H and O–H groups in total. The van der Waals surface area contributed by atoms with Crippen molar-refractivity contribution in [3.8, 4) is 22.9 Å². The monoisotopic (exact) mass is 598 g/mol. The number of carbonyl (C=O) groups excluding carboxylic acids is 2. The molecule has 2 heterocycles. The highest BCUT2D eigenvalue weighted by molar-refractivity contribution is 5.99. The van der Waals surface area contributed by atoms with Gasteiger partial charge in [-0.2, -0.15) is 5.26 Å². The van der Waals surface area contributed by atoms with Gasteiger partial charge in [-0.1, -0.05) is 24.3 Å². The lowest BCUT2D eigenvalue weighted by atomic mass is 9.80. The molecule has 0 saturated heterocycles. The molecule has 0 bridgehead atoms. The second-order valence-electron chi connectivity index (χ2n) is 10.0. The van der Waals surface area contributed by atoms with Crippen LogP contribution in [-0.4, -0.2) is 42.2 Å². The van der Waals surface area contributed by atoms with E-state index in [-0.39, 0.29) is 35.6 Å². The van der Waals surface area contributed by atoms with Gasteiger partial charge in [-0.15, -0.1) is 0 Å². The molecule has 1 aromatic heterocycles. The molecule has 0 amide bonds. The molecule has 12 heteroatoms. The van der Waals surface area contributed by atoms with Gasteiger partial charge in [-0.05, 0) is 50.1 Å². The van der Waals surface area contributed by atoms with Crippen molar-refractivity contribution in [2.75, 3.05) is 20.3 Å². The molecule has 226 valence electrons. The summed E-state index contributed by atoms with van der Waals surface area (Å²) in [6, 6.07) is 16.3. The summed E-state index contributed by atoms with van der Waals surface area (Å²) in [6.45, 7) is 5.33. The topological polar surface area (TPSA) is 174 Å². The predicted molar refractivity (Wildman–Crippen MR) is 159 cm³/mol. The van der Waals surface area contributed by atoms with Crippen molar-refractivity contribution < 1.29 is 28.7 Å². The number of aromatic amines is 1. The molecule has 12 nitrogen and oxygen atoms in total. The largest absolute Gasteiger partial charge is 0.493 e. The van der Waals surface area contributed by atoms with E-state index in [9.17, 15) is 24.5 Å². The molecule has 44 heavy (non-hydrogen) atoms. The number of nitro benzene ring substituents is 1. The van der Waals surface area contributed by atoms with Crippen molar-refractivity contribution in [1.82, 2.24) is 10.3 Å². The lowest BCUT2D eigenvalue weighted by Crippen LogP contribution is -2.32. The van der Waals surface area contributed by atoms with Crippen LogP contribution in [0.1, 0.15) is 43.0 Å².